The van der Waals surface area contributed by atoms with Crippen LogP contribution < -0.4 is 0 Å². The highest BCUT2D eigenvalue weighted by Crippen LogP contribution is 2.24. The molecule has 162 valence electrons. The first kappa shape index (κ1) is 19.6. The van der Waals surface area contributed by atoms with Crippen LogP contribution in [0.3, 0.4) is 0 Å². The van der Waals surface area contributed by atoms with Crippen molar-refractivity contribution in [3.05, 3.63) is 89.1 Å². The summed E-state index contributed by atoms with van der Waals surface area (Å²) in [6.45, 7) is 4.51. The van der Waals surface area contributed by atoms with E-state index < -0.39 is 0 Å². The van der Waals surface area contributed by atoms with Crippen LogP contribution in [0, 0.1) is 13.8 Å². The summed E-state index contributed by atoms with van der Waals surface area (Å²) in [5, 5.41) is 15.3. The number of fused-ring (bicyclic) bond motifs is 3. The summed E-state index contributed by atoms with van der Waals surface area (Å²) in [4.78, 5) is 9.40. The van der Waals surface area contributed by atoms with E-state index in [0.717, 1.165) is 39.2 Å². The Kier molecular flexibility index (Phi) is 4.48. The highest BCUT2D eigenvalue weighted by atomic mass is 35.5. The second kappa shape index (κ2) is 7.53. The maximum Gasteiger partial charge on any atom is 0.182 e. The molecule has 0 aliphatic heterocycles. The molecule has 0 aliphatic rings. The van der Waals surface area contributed by atoms with Crippen molar-refractivity contribution in [2.45, 2.75) is 20.4 Å². The minimum atomic E-state index is 0.621. The van der Waals surface area contributed by atoms with Crippen molar-refractivity contribution in [2.75, 3.05) is 0 Å². The third kappa shape index (κ3) is 3.27. The van der Waals surface area contributed by atoms with E-state index in [1.54, 1.807) is 17.0 Å². The van der Waals surface area contributed by atoms with Gasteiger partial charge in [0.1, 0.15) is 6.33 Å². The van der Waals surface area contributed by atoms with Gasteiger partial charge in [-0.1, -0.05) is 48.0 Å². The van der Waals surface area contributed by atoms with Crippen LogP contribution in [0.25, 0.3) is 33.8 Å². The highest BCUT2D eigenvalue weighted by Gasteiger charge is 2.15. The lowest BCUT2D eigenvalue weighted by Crippen LogP contribution is -2.04. The third-order valence-electron chi connectivity index (χ3n) is 5.72. The molecular weight excluding hydrogens is 436 g/mol. The van der Waals surface area contributed by atoms with Crippen LogP contribution in [0.2, 0.25) is 5.02 Å². The van der Waals surface area contributed by atoms with Gasteiger partial charge in [0.05, 0.1) is 40.2 Å². The Morgan fingerprint density at radius 2 is 1.79 bits per heavy atom. The lowest BCUT2D eigenvalue weighted by molar-refractivity contribution is 0.659. The van der Waals surface area contributed by atoms with Crippen molar-refractivity contribution < 1.29 is 0 Å². The summed E-state index contributed by atoms with van der Waals surface area (Å²) < 4.78 is 5.42. The van der Waals surface area contributed by atoms with Crippen molar-refractivity contribution in [3.8, 4) is 17.1 Å². The van der Waals surface area contributed by atoms with Crippen molar-refractivity contribution >= 4 is 28.3 Å². The van der Waals surface area contributed by atoms with E-state index in [0.29, 0.717) is 23.0 Å². The predicted octanol–water partition coefficient (Wildman–Crippen LogP) is 4.65. The standard InChI is InChI=1S/C24H19ClN8/c1-15-21(25)16(2)31(29-15)13-17-7-6-8-18(11-17)22-28-24-20-12-27-33(19-9-4-3-5-10-19)23(20)26-14-32(24)30-22/h3-12,14H,13H2,1-2H3. The van der Waals surface area contributed by atoms with Gasteiger partial charge in [0.2, 0.25) is 0 Å². The van der Waals surface area contributed by atoms with Gasteiger partial charge in [-0.15, -0.1) is 5.10 Å². The first-order chi connectivity index (χ1) is 16.1. The first-order valence-electron chi connectivity index (χ1n) is 10.5. The lowest BCUT2D eigenvalue weighted by Gasteiger charge is -2.06. The van der Waals surface area contributed by atoms with Crippen LogP contribution in [0.1, 0.15) is 17.0 Å². The fourth-order valence-corrected chi connectivity index (χ4v) is 4.15. The Labute approximate surface area is 194 Å². The zero-order chi connectivity index (χ0) is 22.5. The average Bonchev–Trinajstić information content (AvgIpc) is 3.53. The second-order valence-corrected chi connectivity index (χ2v) is 8.30. The summed E-state index contributed by atoms with van der Waals surface area (Å²) >= 11 is 6.31. The fourth-order valence-electron chi connectivity index (χ4n) is 4.01. The molecule has 4 heterocycles. The van der Waals surface area contributed by atoms with Crippen LogP contribution in [-0.4, -0.2) is 39.1 Å². The fraction of sp³-hybridized carbons (Fsp3) is 0.125. The number of halogens is 1. The largest absolute Gasteiger partial charge is 0.264 e. The molecular formula is C24H19ClN8. The molecule has 0 unspecified atom stereocenters. The van der Waals surface area contributed by atoms with Gasteiger partial charge in [-0.05, 0) is 37.6 Å². The van der Waals surface area contributed by atoms with Crippen molar-refractivity contribution in [2.24, 2.45) is 0 Å². The van der Waals surface area contributed by atoms with Gasteiger partial charge in [0.25, 0.3) is 0 Å². The number of hydrogen-bond donors (Lipinski definition) is 0. The molecule has 0 aliphatic carbocycles. The Balaban J connectivity index is 1.39. The van der Waals surface area contributed by atoms with Crippen LogP contribution in [0.15, 0.2) is 67.1 Å². The Hall–Kier alpha value is -4.04. The van der Waals surface area contributed by atoms with Gasteiger partial charge in [-0.2, -0.15) is 10.2 Å². The summed E-state index contributed by atoms with van der Waals surface area (Å²) in [5.41, 5.74) is 6.20. The number of aromatic nitrogens is 8. The summed E-state index contributed by atoms with van der Waals surface area (Å²) in [5.74, 6) is 0.630. The maximum atomic E-state index is 6.31. The molecule has 4 aromatic heterocycles. The minimum Gasteiger partial charge on any atom is -0.264 e. The lowest BCUT2D eigenvalue weighted by atomic mass is 10.1. The van der Waals surface area contributed by atoms with E-state index in [9.17, 15) is 0 Å². The number of rotatable bonds is 4. The molecule has 33 heavy (non-hydrogen) atoms. The molecule has 0 N–H and O–H groups in total. The molecule has 0 spiro atoms. The smallest absolute Gasteiger partial charge is 0.182 e. The number of nitrogens with zero attached hydrogens (tertiary/aromatic N) is 8. The highest BCUT2D eigenvalue weighted by molar-refractivity contribution is 6.31. The van der Waals surface area contributed by atoms with Crippen LogP contribution >= 0.6 is 11.6 Å². The van der Waals surface area contributed by atoms with Crippen molar-refractivity contribution in [3.63, 3.8) is 0 Å². The average molecular weight is 455 g/mol. The van der Waals surface area contributed by atoms with E-state index in [2.05, 4.69) is 32.4 Å². The minimum absolute atomic E-state index is 0.621. The molecule has 0 atom stereocenters. The monoisotopic (exact) mass is 454 g/mol. The van der Waals surface area contributed by atoms with E-state index in [4.69, 9.17) is 16.6 Å². The molecule has 0 saturated heterocycles. The zero-order valence-corrected chi connectivity index (χ0v) is 18.8. The maximum absolute atomic E-state index is 6.31. The Morgan fingerprint density at radius 3 is 2.58 bits per heavy atom. The van der Waals surface area contributed by atoms with E-state index in [-0.39, 0.29) is 0 Å². The zero-order valence-electron chi connectivity index (χ0n) is 18.0. The van der Waals surface area contributed by atoms with Crippen LogP contribution in [0.5, 0.6) is 0 Å². The molecule has 8 nitrogen and oxygen atoms in total. The molecule has 0 bridgehead atoms. The number of hydrogen-bond acceptors (Lipinski definition) is 5. The summed E-state index contributed by atoms with van der Waals surface area (Å²) in [7, 11) is 0. The first-order valence-corrected chi connectivity index (χ1v) is 10.9. The van der Waals surface area contributed by atoms with Crippen molar-refractivity contribution in [1.29, 1.82) is 0 Å². The molecule has 0 amide bonds. The summed E-state index contributed by atoms with van der Waals surface area (Å²) in [6, 6.07) is 18.1. The van der Waals surface area contributed by atoms with Gasteiger partial charge in [-0.25, -0.2) is 19.2 Å². The topological polar surface area (TPSA) is 78.7 Å². The Morgan fingerprint density at radius 1 is 0.939 bits per heavy atom. The van der Waals surface area contributed by atoms with Gasteiger partial charge in [0.15, 0.2) is 17.1 Å². The molecule has 6 aromatic rings. The molecule has 0 saturated carbocycles. The summed E-state index contributed by atoms with van der Waals surface area (Å²) in [6.07, 6.45) is 3.46. The molecule has 6 rings (SSSR count). The van der Waals surface area contributed by atoms with E-state index in [1.165, 1.54) is 0 Å². The Bertz CT molecular complexity index is 1630. The van der Waals surface area contributed by atoms with E-state index >= 15 is 0 Å². The third-order valence-corrected chi connectivity index (χ3v) is 6.26. The van der Waals surface area contributed by atoms with Gasteiger partial charge < -0.3 is 0 Å². The second-order valence-electron chi connectivity index (χ2n) is 7.92. The SMILES string of the molecule is Cc1nn(Cc2cccc(-c3nc4c5cnn(-c6ccccc6)c5ncn4n3)c2)c(C)c1Cl. The molecule has 9 heteroatoms. The van der Waals surface area contributed by atoms with Crippen LogP contribution in [-0.2, 0) is 6.54 Å². The number of benzene rings is 2. The van der Waals surface area contributed by atoms with Gasteiger partial charge in [-0.3, -0.25) is 4.68 Å². The van der Waals surface area contributed by atoms with Crippen molar-refractivity contribution in [1.82, 2.24) is 39.1 Å². The van der Waals surface area contributed by atoms with Crippen LogP contribution in [0.4, 0.5) is 0 Å². The van der Waals surface area contributed by atoms with E-state index in [1.807, 2.05) is 65.7 Å². The predicted molar refractivity (Wildman–Crippen MR) is 127 cm³/mol. The molecule has 2 aromatic carbocycles. The molecule has 0 fully saturated rings. The normalized spacial score (nSPS) is 11.6. The van der Waals surface area contributed by atoms with Gasteiger partial charge >= 0.3 is 0 Å². The quantitative estimate of drug-likeness (QED) is 0.387. The molecule has 0 radical (unpaired) electrons. The number of aryl methyl sites for hydroxylation is 1. The van der Waals surface area contributed by atoms with Gasteiger partial charge in [0, 0.05) is 5.56 Å². The number of para-hydroxylation sites is 1.